The Morgan fingerprint density at radius 3 is 2.67 bits per heavy atom. The van der Waals surface area contributed by atoms with Crippen molar-refractivity contribution < 1.29 is 14.3 Å². The molecule has 0 aliphatic heterocycles. The number of oxazole rings is 1. The van der Waals surface area contributed by atoms with Crippen molar-refractivity contribution in [1.29, 1.82) is 0 Å². The average molecular weight is 245 g/mol. The summed E-state index contributed by atoms with van der Waals surface area (Å²) in [5.41, 5.74) is 0.824. The highest BCUT2D eigenvalue weighted by atomic mass is 16.4. The van der Waals surface area contributed by atoms with E-state index in [-0.39, 0.29) is 5.69 Å². The zero-order chi connectivity index (χ0) is 13.0. The van der Waals surface area contributed by atoms with Crippen molar-refractivity contribution in [1.82, 2.24) is 4.98 Å². The molecule has 0 spiro atoms. The summed E-state index contributed by atoms with van der Waals surface area (Å²) >= 11 is 0. The Balaban J connectivity index is 2.36. The van der Waals surface area contributed by atoms with Gasteiger partial charge in [-0.15, -0.1) is 0 Å². The molecule has 1 aromatic carbocycles. The highest BCUT2D eigenvalue weighted by molar-refractivity contribution is 5.87. The second-order valence-corrected chi connectivity index (χ2v) is 4.07. The Bertz CT molecular complexity index is 531. The van der Waals surface area contributed by atoms with Gasteiger partial charge in [0.1, 0.15) is 5.76 Å². The molecule has 1 N–H and O–H groups in total. The van der Waals surface area contributed by atoms with Crippen LogP contribution in [-0.4, -0.2) is 16.1 Å². The molecule has 94 valence electrons. The number of hydrogen-bond donors (Lipinski definition) is 1. The van der Waals surface area contributed by atoms with E-state index in [9.17, 15) is 4.79 Å². The SMILES string of the molecule is CCCCc1oc(-c2ccccc2)nc1C(=O)O. The van der Waals surface area contributed by atoms with Crippen LogP contribution in [0.2, 0.25) is 0 Å². The molecule has 2 aromatic rings. The molecule has 0 unspecified atom stereocenters. The summed E-state index contributed by atoms with van der Waals surface area (Å²) in [7, 11) is 0. The Morgan fingerprint density at radius 2 is 2.06 bits per heavy atom. The van der Waals surface area contributed by atoms with Gasteiger partial charge in [-0.25, -0.2) is 9.78 Å². The molecule has 0 radical (unpaired) electrons. The van der Waals surface area contributed by atoms with Gasteiger partial charge in [0.2, 0.25) is 5.89 Å². The topological polar surface area (TPSA) is 63.3 Å². The molecular weight excluding hydrogens is 230 g/mol. The van der Waals surface area contributed by atoms with Crippen LogP contribution in [0.3, 0.4) is 0 Å². The van der Waals surface area contributed by atoms with Crippen LogP contribution in [0.1, 0.15) is 36.0 Å². The molecule has 0 saturated heterocycles. The maximum absolute atomic E-state index is 11.1. The normalized spacial score (nSPS) is 10.5. The summed E-state index contributed by atoms with van der Waals surface area (Å²) in [5.74, 6) is -0.200. The van der Waals surface area contributed by atoms with Gasteiger partial charge in [0.05, 0.1) is 0 Å². The van der Waals surface area contributed by atoms with Gasteiger partial charge in [-0.05, 0) is 18.6 Å². The molecule has 1 aromatic heterocycles. The van der Waals surface area contributed by atoms with Crippen LogP contribution in [0, 0.1) is 0 Å². The molecule has 0 aliphatic rings. The van der Waals surface area contributed by atoms with Crippen molar-refractivity contribution in [2.75, 3.05) is 0 Å². The first-order valence-electron chi connectivity index (χ1n) is 6.00. The lowest BCUT2D eigenvalue weighted by atomic mass is 10.2. The number of aryl methyl sites for hydroxylation is 1. The summed E-state index contributed by atoms with van der Waals surface area (Å²) in [5, 5.41) is 9.10. The highest BCUT2D eigenvalue weighted by Gasteiger charge is 2.19. The zero-order valence-corrected chi connectivity index (χ0v) is 10.2. The van der Waals surface area contributed by atoms with Crippen molar-refractivity contribution in [2.45, 2.75) is 26.2 Å². The molecule has 1 heterocycles. The van der Waals surface area contributed by atoms with Gasteiger partial charge in [0.25, 0.3) is 0 Å². The number of hydrogen-bond acceptors (Lipinski definition) is 3. The van der Waals surface area contributed by atoms with Crippen molar-refractivity contribution in [3.8, 4) is 11.5 Å². The van der Waals surface area contributed by atoms with Crippen LogP contribution in [0.25, 0.3) is 11.5 Å². The van der Waals surface area contributed by atoms with Gasteiger partial charge < -0.3 is 9.52 Å². The molecule has 0 fully saturated rings. The largest absolute Gasteiger partial charge is 0.476 e. The Hall–Kier alpha value is -2.10. The molecule has 18 heavy (non-hydrogen) atoms. The third kappa shape index (κ3) is 2.59. The lowest BCUT2D eigenvalue weighted by Gasteiger charge is -1.95. The third-order valence-electron chi connectivity index (χ3n) is 2.68. The van der Waals surface area contributed by atoms with Gasteiger partial charge in [0, 0.05) is 12.0 Å². The predicted molar refractivity (Wildman–Crippen MR) is 67.5 cm³/mol. The summed E-state index contributed by atoms with van der Waals surface area (Å²) in [6, 6.07) is 9.32. The van der Waals surface area contributed by atoms with E-state index in [0.29, 0.717) is 18.1 Å². The minimum absolute atomic E-state index is 0.0299. The molecule has 4 nitrogen and oxygen atoms in total. The number of unbranched alkanes of at least 4 members (excludes halogenated alkanes) is 1. The van der Waals surface area contributed by atoms with E-state index < -0.39 is 5.97 Å². The molecule has 0 bridgehead atoms. The quantitative estimate of drug-likeness (QED) is 0.877. The number of nitrogens with zero attached hydrogens (tertiary/aromatic N) is 1. The molecule has 2 rings (SSSR count). The number of carboxylic acids is 1. The van der Waals surface area contributed by atoms with Crippen molar-refractivity contribution in [3.63, 3.8) is 0 Å². The Kier molecular flexibility index (Phi) is 3.77. The maximum Gasteiger partial charge on any atom is 0.358 e. The summed E-state index contributed by atoms with van der Waals surface area (Å²) < 4.78 is 5.57. The fourth-order valence-corrected chi connectivity index (χ4v) is 1.73. The van der Waals surface area contributed by atoms with E-state index in [1.807, 2.05) is 30.3 Å². The fourth-order valence-electron chi connectivity index (χ4n) is 1.73. The van der Waals surface area contributed by atoms with Crippen molar-refractivity contribution in [2.24, 2.45) is 0 Å². The summed E-state index contributed by atoms with van der Waals surface area (Å²) in [6.45, 7) is 2.05. The fraction of sp³-hybridized carbons (Fsp3) is 0.286. The summed E-state index contributed by atoms with van der Waals surface area (Å²) in [6.07, 6.45) is 2.49. The lowest BCUT2D eigenvalue weighted by molar-refractivity contribution is 0.0688. The van der Waals surface area contributed by atoms with E-state index in [0.717, 1.165) is 18.4 Å². The Labute approximate surface area is 105 Å². The number of aromatic nitrogens is 1. The van der Waals surface area contributed by atoms with Crippen LogP contribution < -0.4 is 0 Å². The smallest absolute Gasteiger partial charge is 0.358 e. The first-order chi connectivity index (χ1) is 8.72. The molecular formula is C14H15NO3. The number of carboxylic acid groups (broad SMARTS) is 1. The van der Waals surface area contributed by atoms with E-state index in [1.165, 1.54) is 0 Å². The van der Waals surface area contributed by atoms with Crippen molar-refractivity contribution in [3.05, 3.63) is 41.8 Å². The molecule has 0 atom stereocenters. The van der Waals surface area contributed by atoms with Gasteiger partial charge in [-0.3, -0.25) is 0 Å². The van der Waals surface area contributed by atoms with Gasteiger partial charge in [0.15, 0.2) is 5.69 Å². The Morgan fingerprint density at radius 1 is 1.33 bits per heavy atom. The van der Waals surface area contributed by atoms with E-state index in [2.05, 4.69) is 11.9 Å². The number of carbonyl (C=O) groups is 1. The average Bonchev–Trinajstić information content (AvgIpc) is 2.81. The molecule has 0 saturated carbocycles. The molecule has 0 aliphatic carbocycles. The van der Waals surface area contributed by atoms with E-state index in [1.54, 1.807) is 0 Å². The minimum Gasteiger partial charge on any atom is -0.476 e. The van der Waals surface area contributed by atoms with Gasteiger partial charge in [-0.2, -0.15) is 0 Å². The van der Waals surface area contributed by atoms with Crippen LogP contribution in [0.5, 0.6) is 0 Å². The highest BCUT2D eigenvalue weighted by Crippen LogP contribution is 2.23. The first-order valence-corrected chi connectivity index (χ1v) is 6.00. The summed E-state index contributed by atoms with van der Waals surface area (Å²) in [4.78, 5) is 15.2. The number of aromatic carboxylic acids is 1. The third-order valence-corrected chi connectivity index (χ3v) is 2.68. The van der Waals surface area contributed by atoms with Crippen LogP contribution in [0.4, 0.5) is 0 Å². The molecule has 0 amide bonds. The van der Waals surface area contributed by atoms with Crippen LogP contribution in [0.15, 0.2) is 34.7 Å². The number of benzene rings is 1. The second-order valence-electron chi connectivity index (χ2n) is 4.07. The first kappa shape index (κ1) is 12.4. The zero-order valence-electron chi connectivity index (χ0n) is 10.2. The maximum atomic E-state index is 11.1. The van der Waals surface area contributed by atoms with Crippen LogP contribution in [-0.2, 0) is 6.42 Å². The van der Waals surface area contributed by atoms with E-state index >= 15 is 0 Å². The van der Waals surface area contributed by atoms with Crippen LogP contribution >= 0.6 is 0 Å². The van der Waals surface area contributed by atoms with Gasteiger partial charge >= 0.3 is 5.97 Å². The van der Waals surface area contributed by atoms with Crippen molar-refractivity contribution >= 4 is 5.97 Å². The molecule has 4 heteroatoms. The monoisotopic (exact) mass is 245 g/mol. The second kappa shape index (κ2) is 5.49. The van der Waals surface area contributed by atoms with E-state index in [4.69, 9.17) is 9.52 Å². The minimum atomic E-state index is -1.04. The standard InChI is InChI=1S/C14H15NO3/c1-2-3-9-11-12(14(16)17)15-13(18-11)10-7-5-4-6-8-10/h4-8H,2-3,9H2,1H3,(H,16,17). The number of rotatable bonds is 5. The van der Waals surface area contributed by atoms with Gasteiger partial charge in [-0.1, -0.05) is 31.5 Å². The predicted octanol–water partition coefficient (Wildman–Crippen LogP) is 3.38. The lowest BCUT2D eigenvalue weighted by Crippen LogP contribution is -2.01.